The van der Waals surface area contributed by atoms with Gasteiger partial charge in [-0.25, -0.2) is 4.79 Å². The number of nitro groups is 1. The summed E-state index contributed by atoms with van der Waals surface area (Å²) in [6.07, 6.45) is 0. The molecular weight excluding hydrogens is 402 g/mol. The molecule has 1 aromatic heterocycles. The van der Waals surface area contributed by atoms with Gasteiger partial charge in [-0.05, 0) is 36.4 Å². The van der Waals surface area contributed by atoms with Gasteiger partial charge in [-0.1, -0.05) is 30.6 Å². The predicted octanol–water partition coefficient (Wildman–Crippen LogP) is 4.90. The van der Waals surface area contributed by atoms with Crippen molar-refractivity contribution < 1.29 is 23.7 Å². The van der Waals surface area contributed by atoms with Crippen LogP contribution in [-0.4, -0.2) is 21.0 Å². The number of hydrogen-bond donors (Lipinski definition) is 0. The standard InChI is InChI=1S/C19H16ClN3O6/c1-11(2)18-21-17(29-22-18)10-27-19(24)12-3-6-14(7-4-12)28-16-8-5-13(20)9-15(16)23(25)26/h3-9,11H,10H2,1-2H3. The zero-order chi connectivity index (χ0) is 21.0. The summed E-state index contributed by atoms with van der Waals surface area (Å²) in [4.78, 5) is 26.8. The average molecular weight is 418 g/mol. The predicted molar refractivity (Wildman–Crippen MR) is 102 cm³/mol. The van der Waals surface area contributed by atoms with Gasteiger partial charge in [-0.15, -0.1) is 0 Å². The van der Waals surface area contributed by atoms with E-state index in [1.807, 2.05) is 13.8 Å². The van der Waals surface area contributed by atoms with Crippen LogP contribution in [0.5, 0.6) is 11.5 Å². The van der Waals surface area contributed by atoms with Gasteiger partial charge in [0.05, 0.1) is 10.5 Å². The Bertz CT molecular complexity index is 1030. The zero-order valence-electron chi connectivity index (χ0n) is 15.5. The van der Waals surface area contributed by atoms with E-state index in [-0.39, 0.29) is 40.4 Å². The molecule has 0 aliphatic heterocycles. The van der Waals surface area contributed by atoms with Crippen molar-refractivity contribution in [3.63, 3.8) is 0 Å². The highest BCUT2D eigenvalue weighted by atomic mass is 35.5. The zero-order valence-corrected chi connectivity index (χ0v) is 16.3. The summed E-state index contributed by atoms with van der Waals surface area (Å²) in [5.74, 6) is 0.606. The first-order valence-electron chi connectivity index (χ1n) is 8.55. The third kappa shape index (κ3) is 5.08. The molecule has 0 atom stereocenters. The van der Waals surface area contributed by atoms with Gasteiger partial charge < -0.3 is 14.0 Å². The molecule has 3 aromatic rings. The molecule has 0 fully saturated rings. The first-order valence-corrected chi connectivity index (χ1v) is 8.92. The van der Waals surface area contributed by atoms with Gasteiger partial charge in [0.2, 0.25) is 5.75 Å². The Labute approximate surface area is 170 Å². The SMILES string of the molecule is CC(C)c1noc(COC(=O)c2ccc(Oc3ccc(Cl)cc3[N+](=O)[O-])cc2)n1. The fourth-order valence-corrected chi connectivity index (χ4v) is 2.44. The molecule has 10 heteroatoms. The van der Waals surface area contributed by atoms with Gasteiger partial charge in [0.15, 0.2) is 12.4 Å². The number of nitrogens with zero attached hydrogens (tertiary/aromatic N) is 3. The van der Waals surface area contributed by atoms with Crippen LogP contribution in [0.25, 0.3) is 0 Å². The van der Waals surface area contributed by atoms with Gasteiger partial charge >= 0.3 is 11.7 Å². The highest BCUT2D eigenvalue weighted by Gasteiger charge is 2.17. The van der Waals surface area contributed by atoms with Crippen molar-refractivity contribution in [2.45, 2.75) is 26.4 Å². The van der Waals surface area contributed by atoms with Crippen LogP contribution < -0.4 is 4.74 Å². The van der Waals surface area contributed by atoms with Crippen LogP contribution in [0.2, 0.25) is 5.02 Å². The van der Waals surface area contributed by atoms with Crippen LogP contribution in [0, 0.1) is 10.1 Å². The number of aromatic nitrogens is 2. The molecule has 9 nitrogen and oxygen atoms in total. The molecule has 0 amide bonds. The molecule has 2 aromatic carbocycles. The molecule has 29 heavy (non-hydrogen) atoms. The Balaban J connectivity index is 1.64. The lowest BCUT2D eigenvalue weighted by molar-refractivity contribution is -0.385. The first kappa shape index (κ1) is 20.3. The number of esters is 1. The summed E-state index contributed by atoms with van der Waals surface area (Å²) in [5, 5.41) is 15.1. The molecule has 1 heterocycles. The number of carbonyl (C=O) groups excluding carboxylic acids is 1. The van der Waals surface area contributed by atoms with Gasteiger partial charge in [0, 0.05) is 17.0 Å². The number of hydrogen-bond acceptors (Lipinski definition) is 8. The van der Waals surface area contributed by atoms with Gasteiger partial charge in [-0.2, -0.15) is 4.98 Å². The summed E-state index contributed by atoms with van der Waals surface area (Å²) >= 11 is 5.78. The Morgan fingerprint density at radius 1 is 1.24 bits per heavy atom. The highest BCUT2D eigenvalue weighted by Crippen LogP contribution is 2.33. The van der Waals surface area contributed by atoms with E-state index >= 15 is 0 Å². The second kappa shape index (κ2) is 8.70. The van der Waals surface area contributed by atoms with Crippen LogP contribution in [0.3, 0.4) is 0 Å². The minimum absolute atomic E-state index is 0.0343. The number of rotatable bonds is 7. The molecule has 0 N–H and O–H groups in total. The minimum Gasteiger partial charge on any atom is -0.452 e. The van der Waals surface area contributed by atoms with Crippen LogP contribution in [-0.2, 0) is 11.3 Å². The third-order valence-electron chi connectivity index (χ3n) is 3.76. The van der Waals surface area contributed by atoms with E-state index in [0.29, 0.717) is 11.6 Å². The summed E-state index contributed by atoms with van der Waals surface area (Å²) in [5.41, 5.74) is 0.00728. The van der Waals surface area contributed by atoms with Crippen molar-refractivity contribution in [3.05, 3.63) is 74.9 Å². The van der Waals surface area contributed by atoms with Gasteiger partial charge in [0.1, 0.15) is 5.75 Å². The van der Waals surface area contributed by atoms with Gasteiger partial charge in [-0.3, -0.25) is 10.1 Å². The fraction of sp³-hybridized carbons (Fsp3) is 0.211. The topological polar surface area (TPSA) is 118 Å². The van der Waals surface area contributed by atoms with Crippen LogP contribution in [0.4, 0.5) is 5.69 Å². The van der Waals surface area contributed by atoms with Crippen molar-refractivity contribution in [1.82, 2.24) is 10.1 Å². The lowest BCUT2D eigenvalue weighted by Crippen LogP contribution is -2.05. The van der Waals surface area contributed by atoms with Crippen molar-refractivity contribution in [1.29, 1.82) is 0 Å². The van der Waals surface area contributed by atoms with E-state index in [4.69, 9.17) is 25.6 Å². The lowest BCUT2D eigenvalue weighted by Gasteiger charge is -2.07. The molecule has 0 unspecified atom stereocenters. The molecule has 0 saturated carbocycles. The number of nitro benzene ring substituents is 1. The molecule has 0 radical (unpaired) electrons. The average Bonchev–Trinajstić information content (AvgIpc) is 3.17. The third-order valence-corrected chi connectivity index (χ3v) is 4.00. The highest BCUT2D eigenvalue weighted by molar-refractivity contribution is 6.30. The Kier molecular flexibility index (Phi) is 6.08. The number of benzene rings is 2. The lowest BCUT2D eigenvalue weighted by atomic mass is 10.2. The summed E-state index contributed by atoms with van der Waals surface area (Å²) < 4.78 is 15.7. The summed E-state index contributed by atoms with van der Waals surface area (Å²) in [6, 6.07) is 10.0. The maximum atomic E-state index is 12.2. The molecule has 3 rings (SSSR count). The van der Waals surface area contributed by atoms with E-state index < -0.39 is 10.9 Å². The molecular formula is C19H16ClN3O6. The van der Waals surface area contributed by atoms with Crippen molar-refractivity contribution in [3.8, 4) is 11.5 Å². The number of ether oxygens (including phenoxy) is 2. The molecule has 150 valence electrons. The fourth-order valence-electron chi connectivity index (χ4n) is 2.28. The maximum absolute atomic E-state index is 12.2. The van der Waals surface area contributed by atoms with Crippen LogP contribution >= 0.6 is 11.6 Å². The smallest absolute Gasteiger partial charge is 0.338 e. The minimum atomic E-state index is -0.588. The largest absolute Gasteiger partial charge is 0.452 e. The van der Waals surface area contributed by atoms with E-state index in [0.717, 1.165) is 0 Å². The van der Waals surface area contributed by atoms with Crippen molar-refractivity contribution >= 4 is 23.3 Å². The second-order valence-electron chi connectivity index (χ2n) is 6.27. The Morgan fingerprint density at radius 3 is 2.59 bits per heavy atom. The van der Waals surface area contributed by atoms with Crippen molar-refractivity contribution in [2.24, 2.45) is 0 Å². The van der Waals surface area contributed by atoms with E-state index in [1.54, 1.807) is 0 Å². The number of carbonyl (C=O) groups is 1. The maximum Gasteiger partial charge on any atom is 0.338 e. The van der Waals surface area contributed by atoms with Crippen molar-refractivity contribution in [2.75, 3.05) is 0 Å². The molecule has 0 aliphatic rings. The van der Waals surface area contributed by atoms with E-state index in [1.165, 1.54) is 42.5 Å². The van der Waals surface area contributed by atoms with Crippen LogP contribution in [0.15, 0.2) is 47.0 Å². The summed E-state index contributed by atoms with van der Waals surface area (Å²) in [6.45, 7) is 3.69. The van der Waals surface area contributed by atoms with Crippen LogP contribution in [0.1, 0.15) is 41.8 Å². The molecule has 0 saturated heterocycles. The van der Waals surface area contributed by atoms with E-state index in [9.17, 15) is 14.9 Å². The number of halogens is 1. The molecule has 0 bridgehead atoms. The van der Waals surface area contributed by atoms with Gasteiger partial charge in [0.25, 0.3) is 5.89 Å². The monoisotopic (exact) mass is 417 g/mol. The first-order chi connectivity index (χ1) is 13.8. The Morgan fingerprint density at radius 2 is 1.97 bits per heavy atom. The van der Waals surface area contributed by atoms with E-state index in [2.05, 4.69) is 10.1 Å². The summed E-state index contributed by atoms with van der Waals surface area (Å²) in [7, 11) is 0. The Hall–Kier alpha value is -3.46. The second-order valence-corrected chi connectivity index (χ2v) is 6.71. The quantitative estimate of drug-likeness (QED) is 0.302. The molecule has 0 spiro atoms. The molecule has 0 aliphatic carbocycles. The normalized spacial score (nSPS) is 10.8.